The minimum atomic E-state index is -0.0936. The van der Waals surface area contributed by atoms with Crippen molar-refractivity contribution in [1.29, 1.82) is 0 Å². The largest absolute Gasteiger partial charge is 0.481 e. The number of methoxy groups -OCH3 is 1. The highest BCUT2D eigenvalue weighted by molar-refractivity contribution is 5.79. The van der Waals surface area contributed by atoms with Crippen molar-refractivity contribution in [2.24, 2.45) is 11.8 Å². The van der Waals surface area contributed by atoms with Crippen molar-refractivity contribution >= 4 is 5.91 Å². The Kier molecular flexibility index (Phi) is 4.87. The molecule has 0 spiro atoms. The Morgan fingerprint density at radius 2 is 2.32 bits per heavy atom. The maximum absolute atomic E-state index is 12.8. The van der Waals surface area contributed by atoms with Gasteiger partial charge in [-0.15, -0.1) is 0 Å². The van der Waals surface area contributed by atoms with Gasteiger partial charge in [0.1, 0.15) is 0 Å². The Morgan fingerprint density at radius 1 is 1.40 bits per heavy atom. The second kappa shape index (κ2) is 7.27. The van der Waals surface area contributed by atoms with Crippen LogP contribution in [0.2, 0.25) is 0 Å². The normalized spacial score (nSPS) is 29.6. The number of pyridine rings is 1. The van der Waals surface area contributed by atoms with E-state index in [0.717, 1.165) is 38.0 Å². The molecule has 3 fully saturated rings. The van der Waals surface area contributed by atoms with Crippen LogP contribution in [0.4, 0.5) is 0 Å². The van der Waals surface area contributed by atoms with Crippen molar-refractivity contribution in [2.45, 2.75) is 25.5 Å². The first-order valence-corrected chi connectivity index (χ1v) is 9.02. The van der Waals surface area contributed by atoms with Crippen LogP contribution in [0, 0.1) is 11.8 Å². The first-order valence-electron chi connectivity index (χ1n) is 9.02. The second-order valence-corrected chi connectivity index (χ2v) is 6.99. The van der Waals surface area contributed by atoms with E-state index in [1.165, 1.54) is 0 Å². The summed E-state index contributed by atoms with van der Waals surface area (Å²) in [6.45, 7) is 4.30. The lowest BCUT2D eigenvalue weighted by molar-refractivity contribution is -0.202. The van der Waals surface area contributed by atoms with E-state index in [1.807, 2.05) is 12.1 Å². The molecule has 25 heavy (non-hydrogen) atoms. The molecule has 1 aromatic heterocycles. The zero-order chi connectivity index (χ0) is 17.2. The minimum Gasteiger partial charge on any atom is -0.481 e. The number of hydroxylamine groups is 2. The summed E-state index contributed by atoms with van der Waals surface area (Å²) < 4.78 is 11.3. The van der Waals surface area contributed by atoms with Gasteiger partial charge in [0.25, 0.3) is 5.91 Å². The van der Waals surface area contributed by atoms with Gasteiger partial charge in [0.2, 0.25) is 5.88 Å². The molecule has 0 N–H and O–H groups in total. The summed E-state index contributed by atoms with van der Waals surface area (Å²) in [7, 11) is 1.64. The van der Waals surface area contributed by atoms with Crippen molar-refractivity contribution in [2.75, 3.05) is 40.0 Å². The third kappa shape index (κ3) is 3.36. The first kappa shape index (κ1) is 16.8. The molecule has 0 aromatic carbocycles. The van der Waals surface area contributed by atoms with Gasteiger partial charge in [0.15, 0.2) is 0 Å². The monoisotopic (exact) mass is 347 g/mol. The molecule has 0 saturated carbocycles. The standard InChI is InChI=1S/C18H25N3O4/c1-23-17-13(5-4-6-19-17)9-20-10-14-15(12-24-16(14)11-20)18(22)21-7-2-3-8-25-21/h4-6,14-16H,2-3,7-12H2,1H3/t14-,15+,16-/m1/s1. The first-order chi connectivity index (χ1) is 12.3. The molecule has 0 aliphatic carbocycles. The molecule has 7 nitrogen and oxygen atoms in total. The van der Waals surface area contributed by atoms with E-state index in [1.54, 1.807) is 18.4 Å². The molecule has 1 amide bonds. The highest BCUT2D eigenvalue weighted by Crippen LogP contribution is 2.36. The summed E-state index contributed by atoms with van der Waals surface area (Å²) in [6.07, 6.45) is 3.90. The minimum absolute atomic E-state index is 0.0907. The number of hydrogen-bond acceptors (Lipinski definition) is 6. The summed E-state index contributed by atoms with van der Waals surface area (Å²) in [5.74, 6) is 0.896. The molecule has 1 aromatic rings. The number of carbonyl (C=O) groups excluding carboxylic acids is 1. The van der Waals surface area contributed by atoms with Crippen molar-refractivity contribution in [3.63, 3.8) is 0 Å². The molecule has 7 heteroatoms. The van der Waals surface area contributed by atoms with Crippen LogP contribution in [0.25, 0.3) is 0 Å². The summed E-state index contributed by atoms with van der Waals surface area (Å²) in [5.41, 5.74) is 1.06. The van der Waals surface area contributed by atoms with Crippen molar-refractivity contribution in [3.05, 3.63) is 23.9 Å². The number of fused-ring (bicyclic) bond motifs is 1. The van der Waals surface area contributed by atoms with Crippen LogP contribution in [0.1, 0.15) is 18.4 Å². The van der Waals surface area contributed by atoms with Crippen LogP contribution in [0.3, 0.4) is 0 Å². The number of rotatable bonds is 4. The average molecular weight is 347 g/mol. The number of likely N-dealkylation sites (tertiary alicyclic amines) is 1. The predicted octanol–water partition coefficient (Wildman–Crippen LogP) is 1.09. The summed E-state index contributed by atoms with van der Waals surface area (Å²) in [4.78, 5) is 24.9. The van der Waals surface area contributed by atoms with Gasteiger partial charge in [-0.05, 0) is 18.9 Å². The van der Waals surface area contributed by atoms with Crippen LogP contribution < -0.4 is 4.74 Å². The molecule has 3 aliphatic rings. The summed E-state index contributed by atoms with van der Waals surface area (Å²) in [5, 5.41) is 1.56. The van der Waals surface area contributed by atoms with Crippen LogP contribution in [0.5, 0.6) is 5.88 Å². The lowest BCUT2D eigenvalue weighted by Gasteiger charge is -2.29. The molecule has 4 heterocycles. The molecule has 3 saturated heterocycles. The predicted molar refractivity (Wildman–Crippen MR) is 89.7 cm³/mol. The molecule has 0 bridgehead atoms. The van der Waals surface area contributed by atoms with Gasteiger partial charge in [-0.25, -0.2) is 10.0 Å². The maximum Gasteiger partial charge on any atom is 0.251 e. The van der Waals surface area contributed by atoms with Gasteiger partial charge in [-0.1, -0.05) is 6.07 Å². The van der Waals surface area contributed by atoms with E-state index in [-0.39, 0.29) is 23.8 Å². The fraction of sp³-hybridized carbons (Fsp3) is 0.667. The highest BCUT2D eigenvalue weighted by Gasteiger charge is 2.48. The van der Waals surface area contributed by atoms with E-state index in [9.17, 15) is 4.79 Å². The summed E-state index contributed by atoms with van der Waals surface area (Å²) >= 11 is 0. The van der Waals surface area contributed by atoms with Crippen LogP contribution >= 0.6 is 0 Å². The van der Waals surface area contributed by atoms with Gasteiger partial charge in [-0.3, -0.25) is 14.5 Å². The Labute approximate surface area is 147 Å². The Morgan fingerprint density at radius 3 is 3.12 bits per heavy atom. The third-order valence-electron chi connectivity index (χ3n) is 5.39. The van der Waals surface area contributed by atoms with Gasteiger partial charge in [0.05, 0.1) is 32.3 Å². The molecule has 4 rings (SSSR count). The van der Waals surface area contributed by atoms with Crippen LogP contribution in [0.15, 0.2) is 18.3 Å². The van der Waals surface area contributed by atoms with Gasteiger partial charge >= 0.3 is 0 Å². The molecular weight excluding hydrogens is 322 g/mol. The zero-order valence-electron chi connectivity index (χ0n) is 14.6. The van der Waals surface area contributed by atoms with Gasteiger partial charge in [-0.2, -0.15) is 0 Å². The number of amides is 1. The highest BCUT2D eigenvalue weighted by atomic mass is 16.7. The van der Waals surface area contributed by atoms with Crippen LogP contribution in [-0.2, 0) is 20.9 Å². The number of carbonyl (C=O) groups is 1. The molecular formula is C18H25N3O4. The Balaban J connectivity index is 1.40. The van der Waals surface area contributed by atoms with Gasteiger partial charge in [0, 0.05) is 43.9 Å². The van der Waals surface area contributed by atoms with Crippen molar-refractivity contribution < 1.29 is 19.1 Å². The van der Waals surface area contributed by atoms with E-state index in [2.05, 4.69) is 9.88 Å². The lowest BCUT2D eigenvalue weighted by Crippen LogP contribution is -2.42. The molecule has 0 radical (unpaired) electrons. The van der Waals surface area contributed by atoms with Crippen molar-refractivity contribution in [3.8, 4) is 5.88 Å². The van der Waals surface area contributed by atoms with E-state index >= 15 is 0 Å². The average Bonchev–Trinajstić information content (AvgIpc) is 3.22. The van der Waals surface area contributed by atoms with Gasteiger partial charge < -0.3 is 9.47 Å². The fourth-order valence-corrected chi connectivity index (χ4v) is 4.10. The maximum atomic E-state index is 12.8. The number of ether oxygens (including phenoxy) is 2. The van der Waals surface area contributed by atoms with Crippen molar-refractivity contribution in [1.82, 2.24) is 14.9 Å². The number of aromatic nitrogens is 1. The Bertz CT molecular complexity index is 620. The second-order valence-electron chi connectivity index (χ2n) is 6.99. The molecule has 3 atom stereocenters. The third-order valence-corrected chi connectivity index (χ3v) is 5.39. The number of hydrogen-bond donors (Lipinski definition) is 0. The van der Waals surface area contributed by atoms with E-state index in [0.29, 0.717) is 25.6 Å². The molecule has 136 valence electrons. The molecule has 0 unspecified atom stereocenters. The SMILES string of the molecule is COc1ncccc1CN1C[C@@H]2[C@@H](C(=O)N3CCCCO3)CO[C@@H]2C1. The quantitative estimate of drug-likeness (QED) is 0.812. The fourth-order valence-electron chi connectivity index (χ4n) is 4.10. The zero-order valence-corrected chi connectivity index (χ0v) is 14.6. The topological polar surface area (TPSA) is 64.1 Å². The number of nitrogens with zero attached hydrogens (tertiary/aromatic N) is 3. The lowest BCUT2D eigenvalue weighted by atomic mass is 9.92. The Hall–Kier alpha value is -1.70. The summed E-state index contributed by atoms with van der Waals surface area (Å²) in [6, 6.07) is 3.95. The van der Waals surface area contributed by atoms with E-state index in [4.69, 9.17) is 14.3 Å². The van der Waals surface area contributed by atoms with E-state index < -0.39 is 0 Å². The molecule has 3 aliphatic heterocycles. The van der Waals surface area contributed by atoms with Crippen LogP contribution in [-0.4, -0.2) is 66.9 Å². The smallest absolute Gasteiger partial charge is 0.251 e.